The average Bonchev–Trinajstić information content (AvgIpc) is 2.81. The standard InChI is InChI=1S/C23H16ClF3N6O/c24-17-8-10-18(11-9-17)29-21-30-20(16-4-2-1-3-5-16)31-22(32-21)33-28-14-15-6-12-19(13-7-15)34-23(25,26)27/h1-14H,(H2,29,30,31,32,33)/b28-14+. The van der Waals surface area contributed by atoms with Gasteiger partial charge in [-0.3, -0.25) is 0 Å². The van der Waals surface area contributed by atoms with E-state index in [9.17, 15) is 13.2 Å². The van der Waals surface area contributed by atoms with Crippen molar-refractivity contribution in [2.24, 2.45) is 5.10 Å². The number of anilines is 3. The van der Waals surface area contributed by atoms with Gasteiger partial charge in [0.1, 0.15) is 5.75 Å². The second-order valence-corrected chi connectivity index (χ2v) is 7.23. The third-order valence-electron chi connectivity index (χ3n) is 4.26. The number of alkyl halides is 3. The van der Waals surface area contributed by atoms with Gasteiger partial charge in [0.25, 0.3) is 0 Å². The second kappa shape index (κ2) is 10.2. The zero-order valence-corrected chi connectivity index (χ0v) is 18.0. The van der Waals surface area contributed by atoms with Gasteiger partial charge in [0.2, 0.25) is 11.9 Å². The van der Waals surface area contributed by atoms with Crippen molar-refractivity contribution in [3.05, 3.63) is 89.4 Å². The summed E-state index contributed by atoms with van der Waals surface area (Å²) in [5.74, 6) is 0.542. The zero-order chi connectivity index (χ0) is 24.0. The quantitative estimate of drug-likeness (QED) is 0.237. The fourth-order valence-electron chi connectivity index (χ4n) is 2.78. The van der Waals surface area contributed by atoms with Gasteiger partial charge in [-0.15, -0.1) is 13.2 Å². The van der Waals surface area contributed by atoms with Crippen LogP contribution in [0.5, 0.6) is 5.75 Å². The molecule has 0 saturated heterocycles. The highest BCUT2D eigenvalue weighted by Gasteiger charge is 2.30. The number of hydrogen-bond donors (Lipinski definition) is 2. The number of aromatic nitrogens is 3. The van der Waals surface area contributed by atoms with Gasteiger partial charge in [-0.25, -0.2) is 5.43 Å². The van der Waals surface area contributed by atoms with E-state index >= 15 is 0 Å². The molecule has 0 fully saturated rings. The molecule has 0 aliphatic carbocycles. The molecular weight excluding hydrogens is 469 g/mol. The van der Waals surface area contributed by atoms with E-state index in [1.165, 1.54) is 30.5 Å². The first kappa shape index (κ1) is 23.0. The average molecular weight is 485 g/mol. The van der Waals surface area contributed by atoms with E-state index < -0.39 is 6.36 Å². The van der Waals surface area contributed by atoms with Gasteiger partial charge in [-0.05, 0) is 54.1 Å². The number of nitrogens with zero attached hydrogens (tertiary/aromatic N) is 4. The maximum absolute atomic E-state index is 12.3. The van der Waals surface area contributed by atoms with Gasteiger partial charge in [0.05, 0.1) is 6.21 Å². The summed E-state index contributed by atoms with van der Waals surface area (Å²) >= 11 is 5.94. The van der Waals surface area contributed by atoms with E-state index in [-0.39, 0.29) is 17.6 Å². The van der Waals surface area contributed by atoms with E-state index in [4.69, 9.17) is 11.6 Å². The molecule has 172 valence electrons. The molecule has 3 aromatic carbocycles. The molecule has 0 aliphatic heterocycles. The summed E-state index contributed by atoms with van der Waals surface area (Å²) < 4.78 is 40.7. The van der Waals surface area contributed by atoms with Crippen molar-refractivity contribution in [3.63, 3.8) is 0 Å². The Morgan fingerprint density at radius 1 is 0.824 bits per heavy atom. The molecule has 4 rings (SSSR count). The van der Waals surface area contributed by atoms with Crippen LogP contribution < -0.4 is 15.5 Å². The summed E-state index contributed by atoms with van der Waals surface area (Å²) in [5, 5.41) is 7.77. The first-order valence-electron chi connectivity index (χ1n) is 9.83. The summed E-state index contributed by atoms with van der Waals surface area (Å²) in [5.41, 5.74) is 4.77. The monoisotopic (exact) mass is 484 g/mol. The van der Waals surface area contributed by atoms with Crippen LogP contribution in [0.15, 0.2) is 84.0 Å². The molecular formula is C23H16ClF3N6O. The summed E-state index contributed by atoms with van der Waals surface area (Å²) in [6.07, 6.45) is -3.33. The molecule has 0 unspecified atom stereocenters. The molecule has 0 aliphatic rings. The Morgan fingerprint density at radius 2 is 1.50 bits per heavy atom. The molecule has 7 nitrogen and oxygen atoms in total. The lowest BCUT2D eigenvalue weighted by Crippen LogP contribution is -2.17. The largest absolute Gasteiger partial charge is 0.573 e. The molecule has 0 bridgehead atoms. The molecule has 0 radical (unpaired) electrons. The van der Waals surface area contributed by atoms with Crippen LogP contribution in [0.25, 0.3) is 11.4 Å². The number of halogens is 4. The SMILES string of the molecule is FC(F)(F)Oc1ccc(/C=N/Nc2nc(Nc3ccc(Cl)cc3)nc(-c3ccccc3)n2)cc1. The van der Waals surface area contributed by atoms with Crippen LogP contribution in [0.3, 0.4) is 0 Å². The Labute approximate surface area is 197 Å². The molecule has 0 spiro atoms. The van der Waals surface area contributed by atoms with Crippen molar-refractivity contribution in [2.45, 2.75) is 6.36 Å². The Bertz CT molecular complexity index is 1270. The molecule has 2 N–H and O–H groups in total. The van der Waals surface area contributed by atoms with Gasteiger partial charge < -0.3 is 10.1 Å². The highest BCUT2D eigenvalue weighted by molar-refractivity contribution is 6.30. The fraction of sp³-hybridized carbons (Fsp3) is 0.0435. The Hall–Kier alpha value is -4.18. The minimum absolute atomic E-state index is 0.165. The molecule has 0 saturated carbocycles. The molecule has 1 aromatic heterocycles. The maximum Gasteiger partial charge on any atom is 0.573 e. The maximum atomic E-state index is 12.3. The lowest BCUT2D eigenvalue weighted by atomic mass is 10.2. The van der Waals surface area contributed by atoms with Crippen LogP contribution in [0, 0.1) is 0 Å². The molecule has 34 heavy (non-hydrogen) atoms. The number of rotatable bonds is 7. The van der Waals surface area contributed by atoms with Gasteiger partial charge in [-0.1, -0.05) is 41.9 Å². The molecule has 0 amide bonds. The van der Waals surface area contributed by atoms with Crippen LogP contribution in [0.4, 0.5) is 30.8 Å². The summed E-state index contributed by atoms with van der Waals surface area (Å²) in [4.78, 5) is 13.2. The number of benzene rings is 3. The van der Waals surface area contributed by atoms with Gasteiger partial charge in [-0.2, -0.15) is 20.1 Å². The first-order valence-corrected chi connectivity index (χ1v) is 10.2. The predicted octanol–water partition coefficient (Wildman–Crippen LogP) is 6.28. The van der Waals surface area contributed by atoms with Crippen molar-refractivity contribution in [1.29, 1.82) is 0 Å². The summed E-state index contributed by atoms with van der Waals surface area (Å²) in [6, 6.07) is 21.6. The fourth-order valence-corrected chi connectivity index (χ4v) is 2.91. The number of nitrogens with one attached hydrogen (secondary N) is 2. The van der Waals surface area contributed by atoms with Crippen molar-refractivity contribution in [2.75, 3.05) is 10.7 Å². The van der Waals surface area contributed by atoms with E-state index in [1.54, 1.807) is 24.3 Å². The van der Waals surface area contributed by atoms with E-state index in [2.05, 4.69) is 35.5 Å². The molecule has 0 atom stereocenters. The van der Waals surface area contributed by atoms with Crippen LogP contribution in [0.2, 0.25) is 5.02 Å². The minimum Gasteiger partial charge on any atom is -0.406 e. The van der Waals surface area contributed by atoms with Gasteiger partial charge >= 0.3 is 6.36 Å². The van der Waals surface area contributed by atoms with Crippen molar-refractivity contribution < 1.29 is 17.9 Å². The Morgan fingerprint density at radius 3 is 2.18 bits per heavy atom. The van der Waals surface area contributed by atoms with Gasteiger partial charge in [0, 0.05) is 16.3 Å². The summed E-state index contributed by atoms with van der Waals surface area (Å²) in [6.45, 7) is 0. The third-order valence-corrected chi connectivity index (χ3v) is 4.51. The summed E-state index contributed by atoms with van der Waals surface area (Å²) in [7, 11) is 0. The topological polar surface area (TPSA) is 84.3 Å². The molecule has 11 heteroatoms. The van der Waals surface area contributed by atoms with Crippen LogP contribution in [-0.4, -0.2) is 27.5 Å². The highest BCUT2D eigenvalue weighted by atomic mass is 35.5. The minimum atomic E-state index is -4.75. The molecule has 1 heterocycles. The molecule has 4 aromatic rings. The van der Waals surface area contributed by atoms with Crippen molar-refractivity contribution >= 4 is 35.4 Å². The zero-order valence-electron chi connectivity index (χ0n) is 17.3. The number of ether oxygens (including phenoxy) is 1. The van der Waals surface area contributed by atoms with Gasteiger partial charge in [0.15, 0.2) is 5.82 Å². The number of hydrazone groups is 1. The van der Waals surface area contributed by atoms with Crippen molar-refractivity contribution in [3.8, 4) is 17.1 Å². The third kappa shape index (κ3) is 6.66. The lowest BCUT2D eigenvalue weighted by molar-refractivity contribution is -0.274. The van der Waals surface area contributed by atoms with Crippen LogP contribution in [-0.2, 0) is 0 Å². The van der Waals surface area contributed by atoms with E-state index in [1.807, 2.05) is 30.3 Å². The normalized spacial score (nSPS) is 11.4. The van der Waals surface area contributed by atoms with E-state index in [0.29, 0.717) is 16.4 Å². The second-order valence-electron chi connectivity index (χ2n) is 6.79. The Balaban J connectivity index is 1.53. The smallest absolute Gasteiger partial charge is 0.406 e. The first-order chi connectivity index (χ1) is 16.3. The number of hydrogen-bond acceptors (Lipinski definition) is 7. The highest BCUT2D eigenvalue weighted by Crippen LogP contribution is 2.23. The van der Waals surface area contributed by atoms with Crippen LogP contribution >= 0.6 is 11.6 Å². The van der Waals surface area contributed by atoms with Crippen LogP contribution in [0.1, 0.15) is 5.56 Å². The lowest BCUT2D eigenvalue weighted by Gasteiger charge is -2.09. The van der Waals surface area contributed by atoms with Crippen molar-refractivity contribution in [1.82, 2.24) is 15.0 Å². The predicted molar refractivity (Wildman–Crippen MR) is 124 cm³/mol. The Kier molecular flexibility index (Phi) is 6.88. The van der Waals surface area contributed by atoms with E-state index in [0.717, 1.165) is 11.3 Å².